The van der Waals surface area contributed by atoms with Gasteiger partial charge in [0.25, 0.3) is 0 Å². The Morgan fingerprint density at radius 1 is 1.41 bits per heavy atom. The molecular weight excluding hydrogens is 229 g/mol. The number of nitrogens with two attached hydrogens (primary N) is 1. The van der Waals surface area contributed by atoms with E-state index in [9.17, 15) is 9.18 Å². The van der Waals surface area contributed by atoms with Crippen LogP contribution in [0, 0.1) is 5.82 Å². The number of halogens is 1. The van der Waals surface area contributed by atoms with Crippen molar-refractivity contribution in [2.24, 2.45) is 5.73 Å². The fourth-order valence-electron chi connectivity index (χ4n) is 1.48. The molecule has 0 amide bonds. The van der Waals surface area contributed by atoms with Crippen molar-refractivity contribution in [3.63, 3.8) is 0 Å². The number of methoxy groups -OCH3 is 2. The van der Waals surface area contributed by atoms with Crippen molar-refractivity contribution >= 4 is 5.97 Å². The summed E-state index contributed by atoms with van der Waals surface area (Å²) in [6.45, 7) is 0. The van der Waals surface area contributed by atoms with Crippen LogP contribution in [0.15, 0.2) is 12.1 Å². The van der Waals surface area contributed by atoms with Crippen LogP contribution in [0.25, 0.3) is 0 Å². The molecule has 6 heteroatoms. The van der Waals surface area contributed by atoms with Gasteiger partial charge in [-0.15, -0.1) is 0 Å². The average Bonchev–Trinajstić information content (AvgIpc) is 2.30. The zero-order valence-corrected chi connectivity index (χ0v) is 9.57. The summed E-state index contributed by atoms with van der Waals surface area (Å²) in [6, 6.07) is 1.55. The lowest BCUT2D eigenvalue weighted by Gasteiger charge is -2.14. The molecule has 0 bridgehead atoms. The Morgan fingerprint density at radius 2 is 2.00 bits per heavy atom. The van der Waals surface area contributed by atoms with Gasteiger partial charge in [-0.25, -0.2) is 4.39 Å². The van der Waals surface area contributed by atoms with E-state index >= 15 is 0 Å². The van der Waals surface area contributed by atoms with Crippen molar-refractivity contribution in [2.75, 3.05) is 14.2 Å². The Hall–Kier alpha value is -1.82. The minimum Gasteiger partial charge on any atom is -0.492 e. The Morgan fingerprint density at radius 3 is 2.47 bits per heavy atom. The number of ether oxygens (including phenoxy) is 2. The number of carboxylic acids is 1. The number of hydrogen-bond donors (Lipinski definition) is 2. The predicted molar refractivity (Wildman–Crippen MR) is 58.8 cm³/mol. The molecule has 1 atom stereocenters. The highest BCUT2D eigenvalue weighted by atomic mass is 19.1. The summed E-state index contributed by atoms with van der Waals surface area (Å²) < 4.78 is 23.2. The maximum absolute atomic E-state index is 13.4. The SMILES string of the molecule is COc1c(F)ccc(CC(N)C(=O)O)c1OC. The monoisotopic (exact) mass is 243 g/mol. The van der Waals surface area contributed by atoms with Crippen LogP contribution in [0.3, 0.4) is 0 Å². The smallest absolute Gasteiger partial charge is 0.320 e. The lowest BCUT2D eigenvalue weighted by atomic mass is 10.0. The van der Waals surface area contributed by atoms with Crippen LogP contribution >= 0.6 is 0 Å². The van der Waals surface area contributed by atoms with Crippen LogP contribution in [0.4, 0.5) is 4.39 Å². The quantitative estimate of drug-likeness (QED) is 0.799. The molecule has 0 heterocycles. The van der Waals surface area contributed by atoms with Crippen LogP contribution < -0.4 is 15.2 Å². The number of carbonyl (C=O) groups is 1. The molecule has 5 nitrogen and oxygen atoms in total. The summed E-state index contributed by atoms with van der Waals surface area (Å²) in [4.78, 5) is 10.7. The lowest BCUT2D eigenvalue weighted by Crippen LogP contribution is -2.32. The second-order valence-electron chi connectivity index (χ2n) is 3.42. The predicted octanol–water partition coefficient (Wildman–Crippen LogP) is 0.797. The van der Waals surface area contributed by atoms with E-state index in [1.807, 2.05) is 0 Å². The van der Waals surface area contributed by atoms with Gasteiger partial charge < -0.3 is 20.3 Å². The summed E-state index contributed by atoms with van der Waals surface area (Å²) in [6.07, 6.45) is 0.0369. The lowest BCUT2D eigenvalue weighted by molar-refractivity contribution is -0.138. The molecule has 1 unspecified atom stereocenters. The summed E-state index contributed by atoms with van der Waals surface area (Å²) in [5.74, 6) is -1.58. The average molecular weight is 243 g/mol. The van der Waals surface area contributed by atoms with Crippen molar-refractivity contribution in [1.29, 1.82) is 0 Å². The molecule has 94 valence electrons. The number of benzene rings is 1. The minimum absolute atomic E-state index is 0.0369. The van der Waals surface area contributed by atoms with E-state index < -0.39 is 17.8 Å². The molecule has 0 radical (unpaired) electrons. The third-order valence-electron chi connectivity index (χ3n) is 2.31. The van der Waals surface area contributed by atoms with E-state index in [0.29, 0.717) is 5.56 Å². The molecule has 1 rings (SSSR count). The Kier molecular flexibility index (Phi) is 4.28. The fourth-order valence-corrected chi connectivity index (χ4v) is 1.48. The van der Waals surface area contributed by atoms with Gasteiger partial charge in [-0.3, -0.25) is 4.79 Å². The van der Waals surface area contributed by atoms with Crippen LogP contribution in [-0.2, 0) is 11.2 Å². The minimum atomic E-state index is -1.13. The summed E-state index contributed by atoms with van der Waals surface area (Å²) in [5, 5.41) is 8.72. The van der Waals surface area contributed by atoms with Gasteiger partial charge in [0.15, 0.2) is 17.3 Å². The van der Waals surface area contributed by atoms with E-state index in [0.717, 1.165) is 0 Å². The first-order valence-corrected chi connectivity index (χ1v) is 4.89. The van der Waals surface area contributed by atoms with Crippen molar-refractivity contribution in [3.05, 3.63) is 23.5 Å². The van der Waals surface area contributed by atoms with Gasteiger partial charge in [0, 0.05) is 12.0 Å². The van der Waals surface area contributed by atoms with E-state index in [4.69, 9.17) is 20.3 Å². The fraction of sp³-hybridized carbons (Fsp3) is 0.364. The largest absolute Gasteiger partial charge is 0.492 e. The van der Waals surface area contributed by atoms with Gasteiger partial charge in [0.05, 0.1) is 14.2 Å². The summed E-state index contributed by atoms with van der Waals surface area (Å²) >= 11 is 0. The Balaban J connectivity index is 3.12. The van der Waals surface area contributed by atoms with Gasteiger partial charge >= 0.3 is 5.97 Å². The third kappa shape index (κ3) is 2.85. The van der Waals surface area contributed by atoms with Crippen LogP contribution in [0.1, 0.15) is 5.56 Å². The molecule has 0 spiro atoms. The van der Waals surface area contributed by atoms with Gasteiger partial charge in [-0.05, 0) is 6.07 Å². The first-order chi connectivity index (χ1) is 8.01. The molecule has 0 fully saturated rings. The molecular formula is C11H14FNO4. The van der Waals surface area contributed by atoms with Gasteiger partial charge in [0.1, 0.15) is 6.04 Å². The first-order valence-electron chi connectivity index (χ1n) is 4.89. The zero-order chi connectivity index (χ0) is 13.0. The zero-order valence-electron chi connectivity index (χ0n) is 9.57. The van der Waals surface area contributed by atoms with Crippen molar-refractivity contribution in [3.8, 4) is 11.5 Å². The highest BCUT2D eigenvalue weighted by Crippen LogP contribution is 2.34. The molecule has 1 aromatic rings. The molecule has 0 aliphatic carbocycles. The number of carboxylic acid groups (broad SMARTS) is 1. The molecule has 3 N–H and O–H groups in total. The topological polar surface area (TPSA) is 81.8 Å². The molecule has 0 aliphatic heterocycles. The molecule has 0 saturated carbocycles. The molecule has 1 aromatic carbocycles. The van der Waals surface area contributed by atoms with Gasteiger partial charge in [-0.1, -0.05) is 6.07 Å². The van der Waals surface area contributed by atoms with Crippen molar-refractivity contribution in [2.45, 2.75) is 12.5 Å². The van der Waals surface area contributed by atoms with Crippen LogP contribution in [-0.4, -0.2) is 31.3 Å². The standard InChI is InChI=1S/C11H14FNO4/c1-16-9-6(5-8(13)11(14)15)3-4-7(12)10(9)17-2/h3-4,8H,5,13H2,1-2H3,(H,14,15). The molecule has 0 aromatic heterocycles. The maximum atomic E-state index is 13.4. The maximum Gasteiger partial charge on any atom is 0.320 e. The first kappa shape index (κ1) is 13.2. The molecule has 0 saturated heterocycles. The number of hydrogen-bond acceptors (Lipinski definition) is 4. The molecule has 0 aliphatic rings. The van der Waals surface area contributed by atoms with Gasteiger partial charge in [-0.2, -0.15) is 0 Å². The van der Waals surface area contributed by atoms with Crippen LogP contribution in [0.5, 0.6) is 11.5 Å². The molecule has 17 heavy (non-hydrogen) atoms. The van der Waals surface area contributed by atoms with Crippen molar-refractivity contribution in [1.82, 2.24) is 0 Å². The summed E-state index contributed by atoms with van der Waals surface area (Å²) in [7, 11) is 2.66. The summed E-state index contributed by atoms with van der Waals surface area (Å²) in [5.41, 5.74) is 5.90. The highest BCUT2D eigenvalue weighted by molar-refractivity contribution is 5.73. The van der Waals surface area contributed by atoms with E-state index in [2.05, 4.69) is 0 Å². The van der Waals surface area contributed by atoms with Crippen molar-refractivity contribution < 1.29 is 23.8 Å². The number of rotatable bonds is 5. The third-order valence-corrected chi connectivity index (χ3v) is 2.31. The van der Waals surface area contributed by atoms with E-state index in [-0.39, 0.29) is 17.9 Å². The highest BCUT2D eigenvalue weighted by Gasteiger charge is 2.19. The Bertz CT molecular complexity index is 422. The van der Waals surface area contributed by atoms with E-state index in [1.54, 1.807) is 0 Å². The normalized spacial score (nSPS) is 12.0. The van der Waals surface area contributed by atoms with E-state index in [1.165, 1.54) is 26.4 Å². The number of aliphatic carboxylic acids is 1. The second kappa shape index (κ2) is 5.49. The van der Waals surface area contributed by atoms with Gasteiger partial charge in [0.2, 0.25) is 0 Å². The van der Waals surface area contributed by atoms with Crippen LogP contribution in [0.2, 0.25) is 0 Å². The Labute approximate surface area is 97.9 Å². The second-order valence-corrected chi connectivity index (χ2v) is 3.42.